The number of ketones is 1. The largest absolute Gasteiger partial charge is 0.478 e. The van der Waals surface area contributed by atoms with Crippen LogP contribution in [0.1, 0.15) is 44.9 Å². The molecule has 0 amide bonds. The zero-order valence-corrected chi connectivity index (χ0v) is 16.5. The predicted octanol–water partition coefficient (Wildman–Crippen LogP) is 4.60. The van der Waals surface area contributed by atoms with E-state index < -0.39 is 5.97 Å². The molecule has 5 nitrogen and oxygen atoms in total. The van der Waals surface area contributed by atoms with E-state index in [1.54, 1.807) is 6.20 Å². The van der Waals surface area contributed by atoms with E-state index >= 15 is 0 Å². The number of hydrogen-bond acceptors (Lipinski definition) is 3. The number of benzene rings is 1. The summed E-state index contributed by atoms with van der Waals surface area (Å²) in [5.74, 6) is -0.147. The second-order valence-electron chi connectivity index (χ2n) is 8.15. The Morgan fingerprint density at radius 3 is 2.50 bits per heavy atom. The molecule has 146 valence electrons. The molecule has 2 bridgehead atoms. The van der Waals surface area contributed by atoms with Gasteiger partial charge in [0.25, 0.3) is 0 Å². The first-order valence-electron chi connectivity index (χ1n) is 9.47. The number of carboxylic acids is 1. The van der Waals surface area contributed by atoms with Crippen LogP contribution in [0.25, 0.3) is 12.2 Å². The second kappa shape index (κ2) is 7.58. The number of allylic oxidation sites excluding steroid dienone is 1. The van der Waals surface area contributed by atoms with E-state index in [1.165, 1.54) is 12.4 Å². The van der Waals surface area contributed by atoms with E-state index in [4.69, 9.17) is 5.11 Å². The first-order chi connectivity index (χ1) is 13.3. The summed E-state index contributed by atoms with van der Waals surface area (Å²) in [6.07, 6.45) is 9.87. The van der Waals surface area contributed by atoms with Crippen LogP contribution >= 0.6 is 0 Å². The number of aromatic nitrogens is 2. The third-order valence-corrected chi connectivity index (χ3v) is 6.40. The molecule has 4 rings (SSSR count). The number of imidazole rings is 1. The molecule has 28 heavy (non-hydrogen) atoms. The van der Waals surface area contributed by atoms with Crippen molar-refractivity contribution >= 4 is 23.9 Å². The van der Waals surface area contributed by atoms with Gasteiger partial charge in [-0.15, -0.1) is 0 Å². The average Bonchev–Trinajstić information content (AvgIpc) is 3.29. The number of hydrogen-bond donors (Lipinski definition) is 2. The third kappa shape index (κ3) is 3.57. The minimum Gasteiger partial charge on any atom is -0.478 e. The average molecular weight is 378 g/mol. The van der Waals surface area contributed by atoms with Crippen molar-refractivity contribution in [3.63, 3.8) is 0 Å². The van der Waals surface area contributed by atoms with E-state index in [0.717, 1.165) is 30.1 Å². The molecule has 1 aromatic carbocycles. The van der Waals surface area contributed by atoms with Crippen molar-refractivity contribution < 1.29 is 14.7 Å². The van der Waals surface area contributed by atoms with Crippen molar-refractivity contribution in [3.8, 4) is 0 Å². The van der Waals surface area contributed by atoms with Gasteiger partial charge in [-0.2, -0.15) is 0 Å². The van der Waals surface area contributed by atoms with Crippen LogP contribution in [0.5, 0.6) is 0 Å². The zero-order chi connectivity index (χ0) is 20.4. The number of carboxylic acid groups (broad SMARTS) is 1. The minimum absolute atomic E-state index is 0.116. The molecule has 2 atom stereocenters. The van der Waals surface area contributed by atoms with Crippen LogP contribution in [0.15, 0.2) is 54.5 Å². The molecule has 2 saturated carbocycles. The number of carbonyl (C=O) groups excluding carboxylic acids is 1. The van der Waals surface area contributed by atoms with Gasteiger partial charge in [0.15, 0.2) is 5.78 Å². The lowest BCUT2D eigenvalue weighted by atomic mass is 9.70. The summed E-state index contributed by atoms with van der Waals surface area (Å²) < 4.78 is 0. The van der Waals surface area contributed by atoms with Gasteiger partial charge in [0.05, 0.1) is 12.0 Å². The molecule has 1 heterocycles. The van der Waals surface area contributed by atoms with Gasteiger partial charge in [0.1, 0.15) is 0 Å². The maximum atomic E-state index is 12.6. The smallest absolute Gasteiger partial charge is 0.328 e. The molecule has 2 aliphatic carbocycles. The summed E-state index contributed by atoms with van der Waals surface area (Å²) in [4.78, 5) is 29.1. The molecule has 0 aliphatic heterocycles. The van der Waals surface area contributed by atoms with Crippen LogP contribution in [0.4, 0.5) is 0 Å². The highest BCUT2D eigenvalue weighted by Gasteiger charge is 2.63. The predicted molar refractivity (Wildman–Crippen MR) is 109 cm³/mol. The monoisotopic (exact) mass is 378 g/mol. The quantitative estimate of drug-likeness (QED) is 0.765. The van der Waals surface area contributed by atoms with E-state index in [1.807, 2.05) is 18.2 Å². The summed E-state index contributed by atoms with van der Waals surface area (Å²) in [6.45, 7) is 6.67. The highest BCUT2D eigenvalue weighted by molar-refractivity contribution is 6.07. The summed E-state index contributed by atoms with van der Waals surface area (Å²) in [6, 6.07) is 10.2. The van der Waals surface area contributed by atoms with Gasteiger partial charge in [-0.3, -0.25) is 4.79 Å². The summed E-state index contributed by atoms with van der Waals surface area (Å²) >= 11 is 0. The molecule has 2 aromatic rings. The topological polar surface area (TPSA) is 83.0 Å². The number of H-pyrrole nitrogens is 1. The maximum Gasteiger partial charge on any atom is 0.328 e. The fraction of sp³-hybridized carbons (Fsp3) is 0.348. The molecule has 0 radical (unpaired) electrons. The Labute approximate surface area is 165 Å². The normalized spacial score (nSPS) is 26.5. The number of aliphatic carboxylic acids is 1. The van der Waals surface area contributed by atoms with E-state index in [9.17, 15) is 9.59 Å². The molecule has 2 fully saturated rings. The lowest BCUT2D eigenvalue weighted by Gasteiger charge is -2.31. The van der Waals surface area contributed by atoms with E-state index in [-0.39, 0.29) is 10.8 Å². The summed E-state index contributed by atoms with van der Waals surface area (Å²) in [5.41, 5.74) is 2.79. The van der Waals surface area contributed by atoms with E-state index in [0.29, 0.717) is 17.4 Å². The van der Waals surface area contributed by atoms with Crippen molar-refractivity contribution in [1.82, 2.24) is 9.97 Å². The Morgan fingerprint density at radius 1 is 1.25 bits per heavy atom. The molecule has 2 unspecified atom stereocenters. The number of carbonyl (C=O) groups is 2. The lowest BCUT2D eigenvalue weighted by molar-refractivity contribution is -0.131. The van der Waals surface area contributed by atoms with Crippen molar-refractivity contribution in [1.29, 1.82) is 0 Å². The highest BCUT2D eigenvalue weighted by Crippen LogP contribution is 2.65. The fourth-order valence-corrected chi connectivity index (χ4v) is 4.34. The van der Waals surface area contributed by atoms with Gasteiger partial charge in [-0.1, -0.05) is 51.1 Å². The van der Waals surface area contributed by atoms with Gasteiger partial charge < -0.3 is 10.1 Å². The van der Waals surface area contributed by atoms with Gasteiger partial charge in [0, 0.05) is 17.7 Å². The van der Waals surface area contributed by atoms with Gasteiger partial charge in [-0.25, -0.2) is 9.78 Å². The van der Waals surface area contributed by atoms with Crippen molar-refractivity contribution in [2.45, 2.75) is 33.6 Å². The van der Waals surface area contributed by atoms with Crippen molar-refractivity contribution in [2.75, 3.05) is 0 Å². The van der Waals surface area contributed by atoms with Gasteiger partial charge in [-0.05, 0) is 47.5 Å². The number of Topliss-reactive ketones (excluding diaryl/α,β-unsaturated/α-hetero) is 1. The van der Waals surface area contributed by atoms with E-state index in [2.05, 4.69) is 48.9 Å². The first kappa shape index (κ1) is 19.8. The number of nitrogens with one attached hydrogen (secondary N) is 1. The molecular weight excluding hydrogens is 352 g/mol. The van der Waals surface area contributed by atoms with Gasteiger partial charge >= 0.3 is 5.97 Å². The Hall–Kier alpha value is -2.95. The molecule has 2 aliphatic rings. The van der Waals surface area contributed by atoms with Crippen LogP contribution in [0.3, 0.4) is 0 Å². The number of rotatable bonds is 3. The van der Waals surface area contributed by atoms with Crippen LogP contribution in [-0.4, -0.2) is 26.8 Å². The maximum absolute atomic E-state index is 12.6. The third-order valence-electron chi connectivity index (χ3n) is 6.40. The molecule has 5 heteroatoms. The molecular formula is C23H26N2O3. The Kier molecular flexibility index (Phi) is 5.36. The van der Waals surface area contributed by atoms with Gasteiger partial charge in [0.2, 0.25) is 0 Å². The second-order valence-corrected chi connectivity index (χ2v) is 8.15. The zero-order valence-electron chi connectivity index (χ0n) is 16.5. The Morgan fingerprint density at radius 2 is 1.96 bits per heavy atom. The first-order valence-corrected chi connectivity index (χ1v) is 9.47. The van der Waals surface area contributed by atoms with Crippen LogP contribution in [-0.2, 0) is 9.59 Å². The molecule has 0 spiro atoms. The van der Waals surface area contributed by atoms with Crippen molar-refractivity contribution in [3.05, 3.63) is 65.8 Å². The van der Waals surface area contributed by atoms with Crippen LogP contribution < -0.4 is 0 Å². The standard InChI is InChI=1S/C17H20O.C6H6N2O2/c1-16(2)14-9-10-17(16,3)15(18)13(14)11-12-7-5-4-6-8-12;9-6(10)2-1-5-3-7-4-8-5/h4-8,11,14H,9-10H2,1-3H3;1-4H,(H,7,8)(H,9,10)/b13-11-;2-1+. The van der Waals surface area contributed by atoms with Crippen LogP contribution in [0, 0.1) is 16.7 Å². The van der Waals surface area contributed by atoms with Crippen molar-refractivity contribution in [2.24, 2.45) is 16.7 Å². The lowest BCUT2D eigenvalue weighted by Crippen LogP contribution is -2.32. The Balaban J connectivity index is 0.000000192. The highest BCUT2D eigenvalue weighted by atomic mass is 16.4. The minimum atomic E-state index is -0.969. The Bertz CT molecular complexity index is 911. The molecule has 2 N–H and O–H groups in total. The number of fused-ring (bicyclic) bond motifs is 2. The number of aromatic amines is 1. The molecule has 0 saturated heterocycles. The SMILES string of the molecule is CC12CCC(/C(=C/c3ccccc3)C1=O)C2(C)C.O=C(O)/C=C/c1c[nH]cn1. The molecule has 1 aromatic heterocycles. The van der Waals surface area contributed by atoms with Crippen LogP contribution in [0.2, 0.25) is 0 Å². The summed E-state index contributed by atoms with van der Waals surface area (Å²) in [5, 5.41) is 8.19. The summed E-state index contributed by atoms with van der Waals surface area (Å²) in [7, 11) is 0. The fourth-order valence-electron chi connectivity index (χ4n) is 4.34. The number of nitrogens with zero attached hydrogens (tertiary/aromatic N) is 1.